The fraction of sp³-hybridized carbons (Fsp3) is 0.615. The number of likely N-dealkylation sites (tertiary alicyclic amines) is 1. The Balaban J connectivity index is 2.02. The van der Waals surface area contributed by atoms with Crippen LogP contribution in [0.25, 0.3) is 0 Å². The van der Waals surface area contributed by atoms with Crippen molar-refractivity contribution in [1.29, 1.82) is 0 Å². The summed E-state index contributed by atoms with van der Waals surface area (Å²) in [5.41, 5.74) is -0.240. The lowest BCUT2D eigenvalue weighted by Gasteiger charge is -2.32. The Morgan fingerprint density at radius 2 is 1.76 bits per heavy atom. The van der Waals surface area contributed by atoms with E-state index in [0.717, 1.165) is 26.4 Å². The van der Waals surface area contributed by atoms with Gasteiger partial charge in [0.2, 0.25) is 17.6 Å². The zero-order chi connectivity index (χ0) is 27.5. The van der Waals surface area contributed by atoms with Crippen molar-refractivity contribution in [3.8, 4) is 5.75 Å². The number of hydrogen-bond donors (Lipinski definition) is 1. The highest BCUT2D eigenvalue weighted by atomic mass is 19.2. The van der Waals surface area contributed by atoms with Crippen molar-refractivity contribution in [3.05, 3.63) is 29.1 Å². The van der Waals surface area contributed by atoms with Crippen LogP contribution in [0.5, 0.6) is 5.75 Å². The van der Waals surface area contributed by atoms with Crippen LogP contribution in [-0.4, -0.2) is 61.3 Å². The topological polar surface area (TPSA) is 102 Å². The number of unbranched alkanes of at least 4 members (excludes halogenated alkanes) is 2. The van der Waals surface area contributed by atoms with Crippen LogP contribution in [0, 0.1) is 23.4 Å². The number of carbonyl (C=O) groups excluding carboxylic acids is 4. The van der Waals surface area contributed by atoms with Gasteiger partial charge >= 0.3 is 5.97 Å². The smallest absolute Gasteiger partial charge is 0.308 e. The van der Waals surface area contributed by atoms with Crippen LogP contribution in [-0.2, 0) is 30.3 Å². The maximum Gasteiger partial charge on any atom is 0.308 e. The average molecular weight is 529 g/mol. The Kier molecular flexibility index (Phi) is 11.9. The molecule has 1 fully saturated rings. The van der Waals surface area contributed by atoms with E-state index < -0.39 is 65.8 Å². The van der Waals surface area contributed by atoms with Gasteiger partial charge in [0.25, 0.3) is 0 Å². The van der Waals surface area contributed by atoms with E-state index in [0.29, 0.717) is 38.4 Å². The number of nitrogens with one attached hydrogen (secondary N) is 1. The lowest BCUT2D eigenvalue weighted by Crippen LogP contribution is -2.49. The van der Waals surface area contributed by atoms with E-state index in [2.05, 4.69) is 17.0 Å². The van der Waals surface area contributed by atoms with Crippen LogP contribution in [0.15, 0.2) is 6.07 Å². The first-order chi connectivity index (χ1) is 17.6. The predicted molar refractivity (Wildman–Crippen MR) is 128 cm³/mol. The number of esters is 1. The van der Waals surface area contributed by atoms with Gasteiger partial charge < -0.3 is 19.7 Å². The summed E-state index contributed by atoms with van der Waals surface area (Å²) in [6.07, 6.45) is 3.55. The first-order valence-corrected chi connectivity index (χ1v) is 12.6. The van der Waals surface area contributed by atoms with E-state index in [1.54, 1.807) is 4.90 Å². The number of hydrogen-bond acceptors (Lipinski definition) is 6. The number of carbonyl (C=O) groups is 4. The van der Waals surface area contributed by atoms with Gasteiger partial charge in [-0.1, -0.05) is 26.7 Å². The predicted octanol–water partition coefficient (Wildman–Crippen LogP) is 3.48. The number of amides is 2. The van der Waals surface area contributed by atoms with E-state index in [4.69, 9.17) is 4.74 Å². The number of methoxy groups -OCH3 is 1. The molecule has 0 spiro atoms. The zero-order valence-electron chi connectivity index (χ0n) is 21.5. The molecule has 1 N–H and O–H groups in total. The van der Waals surface area contributed by atoms with Crippen LogP contribution in [0.4, 0.5) is 13.2 Å². The normalized spacial score (nSPS) is 14.7. The average Bonchev–Trinajstić information content (AvgIpc) is 2.89. The largest absolute Gasteiger partial charge is 0.482 e. The SMILES string of the molecule is CCCCCC(=O)N1CCC(C(=O)N[C@@H](CC(=O)OC)C(=O)COc2c(F)c(F)cc(F)c2CC)CC1. The highest BCUT2D eigenvalue weighted by Gasteiger charge is 2.32. The van der Waals surface area contributed by atoms with Crippen molar-refractivity contribution in [2.75, 3.05) is 26.8 Å². The quantitative estimate of drug-likeness (QED) is 0.239. The second-order valence-corrected chi connectivity index (χ2v) is 9.02. The summed E-state index contributed by atoms with van der Waals surface area (Å²) >= 11 is 0. The molecule has 1 aromatic carbocycles. The van der Waals surface area contributed by atoms with Crippen molar-refractivity contribution < 1.29 is 41.8 Å². The molecular formula is C26H35F3N2O6. The van der Waals surface area contributed by atoms with Gasteiger partial charge in [0.15, 0.2) is 17.3 Å². The van der Waals surface area contributed by atoms with Gasteiger partial charge in [0.1, 0.15) is 18.5 Å². The number of benzene rings is 1. The fourth-order valence-corrected chi connectivity index (χ4v) is 4.20. The molecule has 1 aliphatic rings. The molecular weight excluding hydrogens is 493 g/mol. The fourth-order valence-electron chi connectivity index (χ4n) is 4.20. The van der Waals surface area contributed by atoms with Gasteiger partial charge in [0, 0.05) is 37.1 Å². The first-order valence-electron chi connectivity index (χ1n) is 12.6. The number of ether oxygens (including phenoxy) is 2. The summed E-state index contributed by atoms with van der Waals surface area (Å²) < 4.78 is 51.6. The maximum atomic E-state index is 14.2. The molecule has 1 heterocycles. The number of halogens is 3. The first kappa shape index (κ1) is 30.1. The van der Waals surface area contributed by atoms with E-state index in [1.165, 1.54) is 6.92 Å². The summed E-state index contributed by atoms with van der Waals surface area (Å²) in [5, 5.41) is 2.53. The lowest BCUT2D eigenvalue weighted by atomic mass is 9.94. The molecule has 0 radical (unpaired) electrons. The summed E-state index contributed by atoms with van der Waals surface area (Å²) in [6, 6.07) is -0.951. The minimum Gasteiger partial charge on any atom is -0.482 e. The van der Waals surface area contributed by atoms with E-state index >= 15 is 0 Å². The van der Waals surface area contributed by atoms with Crippen LogP contribution in [0.3, 0.4) is 0 Å². The molecule has 2 amide bonds. The zero-order valence-corrected chi connectivity index (χ0v) is 21.5. The number of nitrogens with zero attached hydrogens (tertiary/aromatic N) is 1. The molecule has 0 unspecified atom stereocenters. The number of rotatable bonds is 13. The molecule has 8 nitrogen and oxygen atoms in total. The minimum absolute atomic E-state index is 0.0192. The summed E-state index contributed by atoms with van der Waals surface area (Å²) in [5.74, 6) is -7.12. The Morgan fingerprint density at radius 3 is 2.35 bits per heavy atom. The molecule has 0 aromatic heterocycles. The van der Waals surface area contributed by atoms with Crippen molar-refractivity contribution in [2.24, 2.45) is 5.92 Å². The Bertz CT molecular complexity index is 980. The molecule has 37 heavy (non-hydrogen) atoms. The van der Waals surface area contributed by atoms with Crippen LogP contribution < -0.4 is 10.1 Å². The summed E-state index contributed by atoms with van der Waals surface area (Å²) in [7, 11) is 1.12. The van der Waals surface area contributed by atoms with E-state index in [9.17, 15) is 32.3 Å². The van der Waals surface area contributed by atoms with Gasteiger partial charge in [-0.25, -0.2) is 8.78 Å². The monoisotopic (exact) mass is 528 g/mol. The van der Waals surface area contributed by atoms with Crippen LogP contribution >= 0.6 is 0 Å². The molecule has 1 aromatic rings. The second-order valence-electron chi connectivity index (χ2n) is 9.02. The molecule has 1 saturated heterocycles. The Morgan fingerprint density at radius 1 is 1.08 bits per heavy atom. The summed E-state index contributed by atoms with van der Waals surface area (Å²) in [4.78, 5) is 51.6. The van der Waals surface area contributed by atoms with E-state index in [1.807, 2.05) is 0 Å². The standard InChI is InChI=1S/C26H35F3N2O6/c1-4-6-7-8-22(33)31-11-9-16(10-12-31)26(35)30-20(14-23(34)36-3)21(32)15-37-25-17(5-2)18(27)13-19(28)24(25)29/h13,16,20H,4-12,14-15H2,1-3H3,(H,30,35)/t20-/m0/s1. The van der Waals surface area contributed by atoms with Crippen LogP contribution in [0.2, 0.25) is 0 Å². The van der Waals surface area contributed by atoms with Crippen molar-refractivity contribution in [3.63, 3.8) is 0 Å². The Labute approximate surface area is 214 Å². The molecule has 0 saturated carbocycles. The van der Waals surface area contributed by atoms with Crippen molar-refractivity contribution in [1.82, 2.24) is 10.2 Å². The maximum absolute atomic E-state index is 14.2. The summed E-state index contributed by atoms with van der Waals surface area (Å²) in [6.45, 7) is 3.55. The van der Waals surface area contributed by atoms with Crippen molar-refractivity contribution >= 4 is 23.6 Å². The number of ketones is 1. The third-order valence-electron chi connectivity index (χ3n) is 6.45. The molecule has 1 aliphatic heterocycles. The number of Topliss-reactive ketones (excluding diaryl/α,β-unsaturated/α-hetero) is 1. The third kappa shape index (κ3) is 8.46. The highest BCUT2D eigenvalue weighted by molar-refractivity contribution is 5.93. The molecule has 0 aliphatic carbocycles. The van der Waals surface area contributed by atoms with Gasteiger partial charge in [-0.15, -0.1) is 0 Å². The highest BCUT2D eigenvalue weighted by Crippen LogP contribution is 2.28. The molecule has 1 atom stereocenters. The minimum atomic E-state index is -1.47. The third-order valence-corrected chi connectivity index (χ3v) is 6.45. The van der Waals surface area contributed by atoms with Gasteiger partial charge in [-0.05, 0) is 25.7 Å². The molecule has 0 bridgehead atoms. The second kappa shape index (κ2) is 14.6. The molecule has 11 heteroatoms. The molecule has 206 valence electrons. The van der Waals surface area contributed by atoms with E-state index in [-0.39, 0.29) is 17.9 Å². The number of piperidine rings is 1. The van der Waals surface area contributed by atoms with Crippen LogP contribution in [0.1, 0.15) is 64.4 Å². The molecule has 2 rings (SSSR count). The Hall–Kier alpha value is -3.11. The van der Waals surface area contributed by atoms with Gasteiger partial charge in [0.05, 0.1) is 13.5 Å². The lowest BCUT2D eigenvalue weighted by molar-refractivity contribution is -0.144. The van der Waals surface area contributed by atoms with Gasteiger partial charge in [-0.2, -0.15) is 4.39 Å². The van der Waals surface area contributed by atoms with Crippen molar-refractivity contribution in [2.45, 2.75) is 71.3 Å². The van der Waals surface area contributed by atoms with Gasteiger partial charge in [-0.3, -0.25) is 19.2 Å².